The lowest BCUT2D eigenvalue weighted by molar-refractivity contribution is 0.0690. The number of ether oxygens (including phenoxy) is 1. The summed E-state index contributed by atoms with van der Waals surface area (Å²) in [5, 5.41) is 8.95. The van der Waals surface area contributed by atoms with E-state index >= 15 is 0 Å². The van der Waals surface area contributed by atoms with E-state index < -0.39 is 11.6 Å². The van der Waals surface area contributed by atoms with Gasteiger partial charge in [0.2, 0.25) is 5.88 Å². The van der Waals surface area contributed by atoms with Gasteiger partial charge in [-0.3, -0.25) is 0 Å². The molecule has 1 fully saturated rings. The van der Waals surface area contributed by atoms with Crippen LogP contribution in [0.2, 0.25) is 0 Å². The maximum Gasteiger partial charge on any atom is 0.341 e. The molecule has 1 heterocycles. The maximum atomic E-state index is 14.7. The first-order chi connectivity index (χ1) is 8.57. The molecule has 0 spiro atoms. The number of carboxylic acids is 1. The van der Waals surface area contributed by atoms with Crippen LogP contribution < -0.4 is 4.74 Å². The first-order valence-corrected chi connectivity index (χ1v) is 6.04. The molecule has 0 aliphatic heterocycles. The van der Waals surface area contributed by atoms with Gasteiger partial charge in [-0.15, -0.1) is 0 Å². The molecule has 0 amide bonds. The van der Waals surface area contributed by atoms with E-state index in [0.717, 1.165) is 19.3 Å². The molecule has 1 aromatic heterocycles. The molecule has 0 bridgehead atoms. The fraction of sp³-hybridized carbons (Fsp3) is 0.538. The Morgan fingerprint density at radius 1 is 1.39 bits per heavy atom. The molecule has 98 valence electrons. The molecule has 1 aromatic rings. The second-order valence-electron chi connectivity index (χ2n) is 4.58. The third kappa shape index (κ3) is 2.30. The molecular weight excluding hydrogens is 237 g/mol. The monoisotopic (exact) mass is 253 g/mol. The normalized spacial score (nSPS) is 18.3. The lowest BCUT2D eigenvalue weighted by Crippen LogP contribution is -2.25. The fourth-order valence-electron chi connectivity index (χ4n) is 2.38. The van der Waals surface area contributed by atoms with Crippen molar-refractivity contribution < 1.29 is 19.0 Å². The average Bonchev–Trinajstić information content (AvgIpc) is 2.38. The molecule has 1 N–H and O–H groups in total. The highest BCUT2D eigenvalue weighted by Gasteiger charge is 2.35. The topological polar surface area (TPSA) is 59.4 Å². The van der Waals surface area contributed by atoms with Gasteiger partial charge in [0.25, 0.3) is 0 Å². The molecular formula is C13H16FNO3. The van der Waals surface area contributed by atoms with Crippen molar-refractivity contribution in [2.24, 2.45) is 0 Å². The first-order valence-electron chi connectivity index (χ1n) is 6.04. The van der Waals surface area contributed by atoms with Crippen LogP contribution in [0.4, 0.5) is 4.39 Å². The highest BCUT2D eigenvalue weighted by atomic mass is 19.1. The number of carbonyl (C=O) groups is 1. The van der Waals surface area contributed by atoms with Crippen molar-refractivity contribution in [1.29, 1.82) is 0 Å². The van der Waals surface area contributed by atoms with Crippen molar-refractivity contribution in [2.75, 3.05) is 7.11 Å². The number of hydrogen-bond acceptors (Lipinski definition) is 3. The van der Waals surface area contributed by atoms with E-state index in [0.29, 0.717) is 12.8 Å². The third-order valence-corrected chi connectivity index (χ3v) is 3.39. The Morgan fingerprint density at radius 2 is 2.06 bits per heavy atom. The SMILES string of the molecule is COc1nc(C2(F)CCCCC2)ccc1C(=O)O. The molecule has 18 heavy (non-hydrogen) atoms. The summed E-state index contributed by atoms with van der Waals surface area (Å²) in [6.07, 6.45) is 3.59. The Labute approximate surface area is 105 Å². The van der Waals surface area contributed by atoms with Crippen LogP contribution in [0.25, 0.3) is 0 Å². The summed E-state index contributed by atoms with van der Waals surface area (Å²) in [6.45, 7) is 0. The lowest BCUT2D eigenvalue weighted by atomic mass is 9.83. The van der Waals surface area contributed by atoms with Crippen LogP contribution in [-0.4, -0.2) is 23.2 Å². The van der Waals surface area contributed by atoms with Gasteiger partial charge in [0.1, 0.15) is 5.56 Å². The van der Waals surface area contributed by atoms with E-state index in [-0.39, 0.29) is 17.1 Å². The zero-order chi connectivity index (χ0) is 13.2. The molecule has 5 heteroatoms. The van der Waals surface area contributed by atoms with Gasteiger partial charge in [0, 0.05) is 0 Å². The van der Waals surface area contributed by atoms with Crippen molar-refractivity contribution >= 4 is 5.97 Å². The predicted molar refractivity (Wildman–Crippen MR) is 63.6 cm³/mol. The van der Waals surface area contributed by atoms with Gasteiger partial charge in [-0.25, -0.2) is 14.2 Å². The Morgan fingerprint density at radius 3 is 2.61 bits per heavy atom. The van der Waals surface area contributed by atoms with Gasteiger partial charge in [0.05, 0.1) is 12.8 Å². The number of aromatic nitrogens is 1. The quantitative estimate of drug-likeness (QED) is 0.899. The third-order valence-electron chi connectivity index (χ3n) is 3.39. The van der Waals surface area contributed by atoms with E-state index in [4.69, 9.17) is 9.84 Å². The van der Waals surface area contributed by atoms with Crippen LogP contribution in [0.5, 0.6) is 5.88 Å². The second-order valence-corrected chi connectivity index (χ2v) is 4.58. The van der Waals surface area contributed by atoms with Crippen LogP contribution >= 0.6 is 0 Å². The van der Waals surface area contributed by atoms with Crippen LogP contribution in [0.15, 0.2) is 12.1 Å². The van der Waals surface area contributed by atoms with E-state index in [9.17, 15) is 9.18 Å². The summed E-state index contributed by atoms with van der Waals surface area (Å²) in [5.74, 6) is -1.15. The molecule has 0 radical (unpaired) electrons. The van der Waals surface area contributed by atoms with Crippen LogP contribution in [0.3, 0.4) is 0 Å². The Kier molecular flexibility index (Phi) is 3.50. The summed E-state index contributed by atoms with van der Waals surface area (Å²) in [5.41, 5.74) is -1.20. The number of alkyl halides is 1. The van der Waals surface area contributed by atoms with Gasteiger partial charge < -0.3 is 9.84 Å². The van der Waals surface area contributed by atoms with Gasteiger partial charge in [0.15, 0.2) is 5.67 Å². The van der Waals surface area contributed by atoms with Gasteiger partial charge in [-0.1, -0.05) is 6.42 Å². The van der Waals surface area contributed by atoms with Crippen molar-refractivity contribution in [3.05, 3.63) is 23.4 Å². The molecule has 0 aromatic carbocycles. The molecule has 0 unspecified atom stereocenters. The number of nitrogens with zero attached hydrogens (tertiary/aromatic N) is 1. The largest absolute Gasteiger partial charge is 0.480 e. The minimum Gasteiger partial charge on any atom is -0.480 e. The van der Waals surface area contributed by atoms with Crippen LogP contribution in [0.1, 0.15) is 48.2 Å². The zero-order valence-electron chi connectivity index (χ0n) is 10.3. The number of carboxylic acid groups (broad SMARTS) is 1. The number of methoxy groups -OCH3 is 1. The highest BCUT2D eigenvalue weighted by Crippen LogP contribution is 2.40. The van der Waals surface area contributed by atoms with E-state index in [1.54, 1.807) is 0 Å². The molecule has 1 aliphatic carbocycles. The lowest BCUT2D eigenvalue weighted by Gasteiger charge is -2.29. The summed E-state index contributed by atoms with van der Waals surface area (Å²) >= 11 is 0. The smallest absolute Gasteiger partial charge is 0.341 e. The summed E-state index contributed by atoms with van der Waals surface area (Å²) in [6, 6.07) is 2.82. The van der Waals surface area contributed by atoms with Crippen LogP contribution in [0, 0.1) is 0 Å². The summed E-state index contributed by atoms with van der Waals surface area (Å²) in [4.78, 5) is 15.0. The number of aromatic carboxylic acids is 1. The van der Waals surface area contributed by atoms with Crippen molar-refractivity contribution in [3.63, 3.8) is 0 Å². The first kappa shape index (κ1) is 12.8. The Balaban J connectivity index is 2.37. The minimum absolute atomic E-state index is 0.0254. The van der Waals surface area contributed by atoms with Crippen molar-refractivity contribution in [3.8, 4) is 5.88 Å². The summed E-state index contributed by atoms with van der Waals surface area (Å²) < 4.78 is 19.6. The van der Waals surface area contributed by atoms with Gasteiger partial charge >= 0.3 is 5.97 Å². The standard InChI is InChI=1S/C13H16FNO3/c1-18-11-9(12(16)17)5-6-10(15-11)13(14)7-3-2-4-8-13/h5-6H,2-4,7-8H2,1H3,(H,16,17). The van der Waals surface area contributed by atoms with Gasteiger partial charge in [-0.05, 0) is 37.8 Å². The van der Waals surface area contributed by atoms with Crippen LogP contribution in [-0.2, 0) is 5.67 Å². The summed E-state index contributed by atoms with van der Waals surface area (Å²) in [7, 11) is 1.34. The van der Waals surface area contributed by atoms with E-state index in [1.807, 2.05) is 0 Å². The molecule has 2 rings (SSSR count). The number of pyridine rings is 1. The molecule has 4 nitrogen and oxygen atoms in total. The molecule has 1 aliphatic rings. The predicted octanol–water partition coefficient (Wildman–Crippen LogP) is 2.92. The van der Waals surface area contributed by atoms with Crippen molar-refractivity contribution in [1.82, 2.24) is 4.98 Å². The number of hydrogen-bond donors (Lipinski definition) is 1. The van der Waals surface area contributed by atoms with E-state index in [1.165, 1.54) is 19.2 Å². The highest BCUT2D eigenvalue weighted by molar-refractivity contribution is 5.90. The van der Waals surface area contributed by atoms with Gasteiger partial charge in [-0.2, -0.15) is 0 Å². The molecule has 0 atom stereocenters. The second kappa shape index (κ2) is 4.92. The molecule has 0 saturated heterocycles. The molecule has 1 saturated carbocycles. The number of rotatable bonds is 3. The van der Waals surface area contributed by atoms with Crippen molar-refractivity contribution in [2.45, 2.75) is 37.8 Å². The zero-order valence-corrected chi connectivity index (χ0v) is 10.3. The Bertz CT molecular complexity index is 456. The minimum atomic E-state index is -1.44. The average molecular weight is 253 g/mol. The fourth-order valence-corrected chi connectivity index (χ4v) is 2.38. The maximum absolute atomic E-state index is 14.7. The Hall–Kier alpha value is -1.65. The van der Waals surface area contributed by atoms with E-state index in [2.05, 4.69) is 4.98 Å². The number of halogens is 1.